The molecule has 5 nitrogen and oxygen atoms in total. The Hall–Kier alpha value is -1.70. The van der Waals surface area contributed by atoms with Crippen LogP contribution in [-0.4, -0.2) is 61.5 Å². The molecular formula is C14H14B3FN4OS. The number of amides is 1. The number of pyridine rings is 1. The molecule has 0 spiro atoms. The van der Waals surface area contributed by atoms with Crippen LogP contribution in [-0.2, 0) is 4.79 Å². The number of carbonyl (C=O) groups excluding carboxylic acids is 1. The number of carbonyl (C=O) groups is 1. The van der Waals surface area contributed by atoms with Crippen molar-refractivity contribution in [2.45, 2.75) is 18.6 Å². The Morgan fingerprint density at radius 2 is 2.12 bits per heavy atom. The fraction of sp³-hybridized carbons (Fsp3) is 0.357. The maximum Gasteiger partial charge on any atom is 0.226 e. The zero-order chi connectivity index (χ0) is 17.9. The standard InChI is InChI=1S/C14H14B3FN4OS/c1-9-12(22(14(15,16)17)13(23)3-4-24-2)8-21(20-9)11-5-10(18)6-19-7-11/h5-8H,3-4H2,1-2H3. The van der Waals surface area contributed by atoms with Crippen molar-refractivity contribution >= 4 is 46.9 Å². The van der Waals surface area contributed by atoms with Crippen LogP contribution in [0.4, 0.5) is 10.1 Å². The molecule has 0 atom stereocenters. The third kappa shape index (κ3) is 4.23. The maximum atomic E-state index is 13.3. The van der Waals surface area contributed by atoms with Crippen LogP contribution in [0, 0.1) is 12.7 Å². The Kier molecular flexibility index (Phi) is 5.80. The lowest BCUT2D eigenvalue weighted by Gasteiger charge is -2.37. The second-order valence-corrected chi connectivity index (χ2v) is 6.25. The maximum absolute atomic E-state index is 13.3. The van der Waals surface area contributed by atoms with Gasteiger partial charge >= 0.3 is 0 Å². The molecule has 2 rings (SSSR count). The second kappa shape index (κ2) is 7.46. The van der Waals surface area contributed by atoms with Gasteiger partial charge in [-0.25, -0.2) is 9.07 Å². The van der Waals surface area contributed by atoms with Crippen molar-refractivity contribution in [2.75, 3.05) is 16.9 Å². The molecule has 0 saturated carbocycles. The number of nitrogens with zero attached hydrogens (tertiary/aromatic N) is 4. The summed E-state index contributed by atoms with van der Waals surface area (Å²) in [6.07, 6.45) is 6.16. The number of anilines is 1. The summed E-state index contributed by atoms with van der Waals surface area (Å²) >= 11 is 1.52. The van der Waals surface area contributed by atoms with Gasteiger partial charge in [0.25, 0.3) is 0 Å². The number of aryl methyl sites for hydroxylation is 1. The highest BCUT2D eigenvalue weighted by atomic mass is 32.2. The van der Waals surface area contributed by atoms with Gasteiger partial charge in [-0.2, -0.15) is 16.9 Å². The van der Waals surface area contributed by atoms with Crippen LogP contribution < -0.4 is 4.90 Å². The predicted molar refractivity (Wildman–Crippen MR) is 96.5 cm³/mol. The zero-order valence-corrected chi connectivity index (χ0v) is 14.3. The highest BCUT2D eigenvalue weighted by Gasteiger charge is 2.29. The SMILES string of the molecule is [B]C([B])([B])N(C(=O)CCSC)c1cn(-c2cncc(F)c2)nc1C. The number of halogens is 1. The first kappa shape index (κ1) is 18.6. The molecule has 10 heteroatoms. The summed E-state index contributed by atoms with van der Waals surface area (Å²) in [6.45, 7) is 1.68. The van der Waals surface area contributed by atoms with Gasteiger partial charge in [0.15, 0.2) is 0 Å². The van der Waals surface area contributed by atoms with Crippen LogP contribution in [0.3, 0.4) is 0 Å². The molecule has 0 aromatic carbocycles. The summed E-state index contributed by atoms with van der Waals surface area (Å²) < 4.78 is 14.7. The number of aromatic nitrogens is 3. The largest absolute Gasteiger partial charge is 0.329 e. The average Bonchev–Trinajstić information content (AvgIpc) is 2.85. The first-order chi connectivity index (χ1) is 11.2. The van der Waals surface area contributed by atoms with E-state index in [0.29, 0.717) is 22.8 Å². The molecule has 2 aromatic rings. The van der Waals surface area contributed by atoms with E-state index in [-0.39, 0.29) is 12.3 Å². The first-order valence-corrected chi connectivity index (χ1v) is 8.49. The smallest absolute Gasteiger partial charge is 0.226 e. The third-order valence-corrected chi connectivity index (χ3v) is 3.84. The monoisotopic (exact) mass is 338 g/mol. The molecule has 0 unspecified atom stereocenters. The van der Waals surface area contributed by atoms with E-state index in [4.69, 9.17) is 23.5 Å². The Morgan fingerprint density at radius 3 is 2.71 bits per heavy atom. The number of rotatable bonds is 6. The van der Waals surface area contributed by atoms with E-state index in [1.54, 1.807) is 6.92 Å². The van der Waals surface area contributed by atoms with Gasteiger partial charge in [0.2, 0.25) is 5.91 Å². The highest BCUT2D eigenvalue weighted by Crippen LogP contribution is 2.25. The molecule has 0 aliphatic rings. The third-order valence-electron chi connectivity index (χ3n) is 3.23. The summed E-state index contributed by atoms with van der Waals surface area (Å²) in [5, 5.41) is 2.38. The van der Waals surface area contributed by atoms with Crippen LogP contribution in [0.5, 0.6) is 0 Å². The molecule has 0 bridgehead atoms. The lowest BCUT2D eigenvalue weighted by Crippen LogP contribution is -2.54. The molecule has 0 saturated heterocycles. The van der Waals surface area contributed by atoms with E-state index in [1.165, 1.54) is 34.9 Å². The Bertz CT molecular complexity index is 735. The van der Waals surface area contributed by atoms with Gasteiger partial charge in [0.05, 0.1) is 59.2 Å². The lowest BCUT2D eigenvalue weighted by molar-refractivity contribution is -0.118. The van der Waals surface area contributed by atoms with Crippen LogP contribution in [0.25, 0.3) is 5.69 Å². The van der Waals surface area contributed by atoms with E-state index in [1.807, 2.05) is 6.26 Å². The molecular weight excluding hydrogens is 324 g/mol. The van der Waals surface area contributed by atoms with Crippen molar-refractivity contribution in [3.05, 3.63) is 36.2 Å². The van der Waals surface area contributed by atoms with Gasteiger partial charge in [0, 0.05) is 18.2 Å². The Balaban J connectivity index is 2.42. The van der Waals surface area contributed by atoms with E-state index in [0.717, 1.165) is 11.1 Å². The molecule has 6 radical (unpaired) electrons. The quantitative estimate of drug-likeness (QED) is 0.736. The lowest BCUT2D eigenvalue weighted by atomic mass is 9.48. The Morgan fingerprint density at radius 1 is 1.42 bits per heavy atom. The van der Waals surface area contributed by atoms with Crippen molar-refractivity contribution in [1.82, 2.24) is 14.8 Å². The van der Waals surface area contributed by atoms with E-state index in [9.17, 15) is 9.18 Å². The highest BCUT2D eigenvalue weighted by molar-refractivity contribution is 7.98. The Labute approximate surface area is 148 Å². The summed E-state index contributed by atoms with van der Waals surface area (Å²) in [6, 6.07) is 1.27. The van der Waals surface area contributed by atoms with Gasteiger partial charge < -0.3 is 4.90 Å². The second-order valence-electron chi connectivity index (χ2n) is 5.26. The van der Waals surface area contributed by atoms with Crippen LogP contribution in [0.2, 0.25) is 0 Å². The van der Waals surface area contributed by atoms with Gasteiger partial charge in [-0.3, -0.25) is 9.78 Å². The number of hydrogen-bond donors (Lipinski definition) is 0. The molecule has 0 fully saturated rings. The first-order valence-electron chi connectivity index (χ1n) is 7.10. The predicted octanol–water partition coefficient (Wildman–Crippen LogP) is 0.918. The zero-order valence-electron chi connectivity index (χ0n) is 13.4. The van der Waals surface area contributed by atoms with Gasteiger partial charge in [-0.05, 0) is 13.2 Å². The van der Waals surface area contributed by atoms with Crippen LogP contribution in [0.1, 0.15) is 12.1 Å². The normalized spacial score (nSPS) is 11.5. The van der Waals surface area contributed by atoms with E-state index in [2.05, 4.69) is 10.1 Å². The van der Waals surface area contributed by atoms with E-state index < -0.39 is 11.1 Å². The molecule has 2 aromatic heterocycles. The molecule has 2 heterocycles. The van der Waals surface area contributed by atoms with Crippen molar-refractivity contribution in [3.63, 3.8) is 0 Å². The minimum atomic E-state index is -1.88. The molecule has 1 amide bonds. The summed E-state index contributed by atoms with van der Waals surface area (Å²) in [7, 11) is 17.3. The molecule has 24 heavy (non-hydrogen) atoms. The topological polar surface area (TPSA) is 51.0 Å². The summed E-state index contributed by atoms with van der Waals surface area (Å²) in [4.78, 5) is 17.3. The van der Waals surface area contributed by atoms with Crippen LogP contribution >= 0.6 is 11.8 Å². The van der Waals surface area contributed by atoms with Gasteiger partial charge in [-0.15, -0.1) is 0 Å². The molecule has 118 valence electrons. The van der Waals surface area contributed by atoms with Crippen molar-refractivity contribution < 1.29 is 9.18 Å². The fourth-order valence-electron chi connectivity index (χ4n) is 2.19. The fourth-order valence-corrected chi connectivity index (χ4v) is 2.57. The minimum Gasteiger partial charge on any atom is -0.329 e. The molecule has 0 N–H and O–H groups in total. The van der Waals surface area contributed by atoms with Crippen LogP contribution in [0.15, 0.2) is 24.7 Å². The molecule has 0 aliphatic heterocycles. The van der Waals surface area contributed by atoms with E-state index >= 15 is 0 Å². The van der Waals surface area contributed by atoms with Gasteiger partial charge in [0.1, 0.15) is 5.82 Å². The minimum absolute atomic E-state index is 0.223. The summed E-state index contributed by atoms with van der Waals surface area (Å²) in [5.41, 5.74) is 1.23. The molecule has 0 aliphatic carbocycles. The van der Waals surface area contributed by atoms with Crippen molar-refractivity contribution in [3.8, 4) is 5.69 Å². The van der Waals surface area contributed by atoms with Crippen molar-refractivity contribution in [1.29, 1.82) is 0 Å². The van der Waals surface area contributed by atoms with Gasteiger partial charge in [-0.1, -0.05) is 5.24 Å². The number of thioether (sulfide) groups is 1. The summed E-state index contributed by atoms with van der Waals surface area (Å²) in [5.74, 6) is -0.218. The number of hydrogen-bond acceptors (Lipinski definition) is 4. The van der Waals surface area contributed by atoms with Crippen molar-refractivity contribution in [2.24, 2.45) is 0 Å². The average molecular weight is 338 g/mol.